The topological polar surface area (TPSA) is 91.0 Å². The van der Waals surface area contributed by atoms with Crippen LogP contribution < -0.4 is 5.32 Å². The summed E-state index contributed by atoms with van der Waals surface area (Å²) in [4.78, 5) is 31.7. The fourth-order valence-corrected chi connectivity index (χ4v) is 4.87. The molecule has 2 aliphatic rings. The number of nitrogens with one attached hydrogen (secondary N) is 2. The van der Waals surface area contributed by atoms with Crippen molar-refractivity contribution in [2.24, 2.45) is 0 Å². The number of nitrogens with zero attached hydrogens (tertiary/aromatic N) is 3. The SMILES string of the molecule is Cc1nc(CC(=O)N2CCCCC2c2cc(C(=O)NC3CCCC3)n[nH]2)cs1. The monoisotopic (exact) mass is 401 g/mol. The Kier molecular flexibility index (Phi) is 5.75. The minimum absolute atomic E-state index is 0.0542. The van der Waals surface area contributed by atoms with Crippen molar-refractivity contribution in [1.82, 2.24) is 25.4 Å². The highest BCUT2D eigenvalue weighted by molar-refractivity contribution is 7.09. The Hall–Kier alpha value is -2.22. The number of piperidine rings is 1. The minimum atomic E-state index is -0.124. The Morgan fingerprint density at radius 3 is 2.79 bits per heavy atom. The highest BCUT2D eigenvalue weighted by Gasteiger charge is 2.30. The second-order valence-corrected chi connectivity index (χ2v) is 8.86. The standard InChI is InChI=1S/C20H27N5O2S/c1-13-21-15(12-28-13)10-19(26)25-9-5-4-8-18(25)16-11-17(24-23-16)20(27)22-14-6-2-3-7-14/h11-12,14,18H,2-10H2,1H3,(H,22,27)(H,23,24). The average molecular weight is 402 g/mol. The summed E-state index contributed by atoms with van der Waals surface area (Å²) in [5.41, 5.74) is 2.09. The van der Waals surface area contributed by atoms with Gasteiger partial charge in [-0.15, -0.1) is 11.3 Å². The molecule has 28 heavy (non-hydrogen) atoms. The van der Waals surface area contributed by atoms with Gasteiger partial charge in [-0.2, -0.15) is 5.10 Å². The smallest absolute Gasteiger partial charge is 0.271 e. The highest BCUT2D eigenvalue weighted by atomic mass is 32.1. The molecular weight excluding hydrogens is 374 g/mol. The maximum atomic E-state index is 12.9. The van der Waals surface area contributed by atoms with Gasteiger partial charge in [0.05, 0.1) is 28.9 Å². The number of carbonyl (C=O) groups is 2. The second-order valence-electron chi connectivity index (χ2n) is 7.80. The molecule has 0 aromatic carbocycles. The molecule has 150 valence electrons. The number of amides is 2. The number of rotatable bonds is 5. The van der Waals surface area contributed by atoms with Crippen molar-refractivity contribution in [3.8, 4) is 0 Å². The van der Waals surface area contributed by atoms with Gasteiger partial charge in [-0.3, -0.25) is 14.7 Å². The first-order valence-corrected chi connectivity index (χ1v) is 11.0. The summed E-state index contributed by atoms with van der Waals surface area (Å²) < 4.78 is 0. The molecular formula is C20H27N5O2S. The predicted octanol–water partition coefficient (Wildman–Crippen LogP) is 3.14. The van der Waals surface area contributed by atoms with E-state index in [1.807, 2.05) is 23.3 Å². The fourth-order valence-electron chi connectivity index (χ4n) is 4.25. The molecule has 0 bridgehead atoms. The van der Waals surface area contributed by atoms with Gasteiger partial charge < -0.3 is 10.2 Å². The van der Waals surface area contributed by atoms with Crippen molar-refractivity contribution in [1.29, 1.82) is 0 Å². The lowest BCUT2D eigenvalue weighted by Gasteiger charge is -2.35. The predicted molar refractivity (Wildman–Crippen MR) is 107 cm³/mol. The van der Waals surface area contributed by atoms with Gasteiger partial charge in [0.15, 0.2) is 0 Å². The minimum Gasteiger partial charge on any atom is -0.348 e. The van der Waals surface area contributed by atoms with Crippen LogP contribution in [0, 0.1) is 6.92 Å². The Morgan fingerprint density at radius 1 is 1.25 bits per heavy atom. The summed E-state index contributed by atoms with van der Waals surface area (Å²) in [5.74, 6) is -0.0393. The lowest BCUT2D eigenvalue weighted by molar-refractivity contribution is -0.134. The second kappa shape index (κ2) is 8.43. The van der Waals surface area contributed by atoms with Gasteiger partial charge in [-0.05, 0) is 45.1 Å². The van der Waals surface area contributed by atoms with Crippen LogP contribution in [0.5, 0.6) is 0 Å². The van der Waals surface area contributed by atoms with Gasteiger partial charge in [-0.25, -0.2) is 4.98 Å². The van der Waals surface area contributed by atoms with E-state index in [0.717, 1.165) is 55.0 Å². The van der Waals surface area contributed by atoms with Gasteiger partial charge in [0.1, 0.15) is 5.69 Å². The Morgan fingerprint density at radius 2 is 2.04 bits per heavy atom. The number of aromatic amines is 1. The first kappa shape index (κ1) is 19.1. The number of carbonyl (C=O) groups excluding carboxylic acids is 2. The molecule has 0 radical (unpaired) electrons. The fraction of sp³-hybridized carbons (Fsp3) is 0.600. The van der Waals surface area contributed by atoms with Gasteiger partial charge in [0.25, 0.3) is 5.91 Å². The first-order valence-electron chi connectivity index (χ1n) is 10.2. The van der Waals surface area contributed by atoms with Crippen LogP contribution in [0.15, 0.2) is 11.4 Å². The van der Waals surface area contributed by atoms with Crippen LogP contribution in [0.4, 0.5) is 0 Å². The third-order valence-electron chi connectivity index (χ3n) is 5.70. The molecule has 1 unspecified atom stereocenters. The molecule has 1 saturated heterocycles. The molecule has 1 atom stereocenters. The van der Waals surface area contributed by atoms with E-state index in [9.17, 15) is 9.59 Å². The first-order chi connectivity index (χ1) is 13.6. The van der Waals surface area contributed by atoms with Crippen molar-refractivity contribution in [3.05, 3.63) is 33.5 Å². The summed E-state index contributed by atoms with van der Waals surface area (Å²) in [5, 5.41) is 13.2. The zero-order valence-corrected chi connectivity index (χ0v) is 17.1. The van der Waals surface area contributed by atoms with E-state index < -0.39 is 0 Å². The van der Waals surface area contributed by atoms with Gasteiger partial charge in [-0.1, -0.05) is 12.8 Å². The average Bonchev–Trinajstić information content (AvgIpc) is 3.44. The molecule has 1 aliphatic heterocycles. The van der Waals surface area contributed by atoms with Crippen LogP contribution in [0.3, 0.4) is 0 Å². The molecule has 4 rings (SSSR count). The van der Waals surface area contributed by atoms with Gasteiger partial charge in [0, 0.05) is 18.0 Å². The number of likely N-dealkylation sites (tertiary alicyclic amines) is 1. The van der Waals surface area contributed by atoms with E-state index >= 15 is 0 Å². The summed E-state index contributed by atoms with van der Waals surface area (Å²) >= 11 is 1.57. The van der Waals surface area contributed by atoms with Crippen molar-refractivity contribution in [2.75, 3.05) is 6.54 Å². The molecule has 2 amide bonds. The summed E-state index contributed by atoms with van der Waals surface area (Å²) in [6.07, 6.45) is 7.71. The number of aryl methyl sites for hydroxylation is 1. The van der Waals surface area contributed by atoms with Crippen molar-refractivity contribution < 1.29 is 9.59 Å². The van der Waals surface area contributed by atoms with E-state index in [0.29, 0.717) is 12.1 Å². The number of hydrogen-bond donors (Lipinski definition) is 2. The molecule has 2 aromatic heterocycles. The van der Waals surface area contributed by atoms with Crippen LogP contribution in [-0.4, -0.2) is 44.5 Å². The van der Waals surface area contributed by atoms with E-state index in [1.54, 1.807) is 11.3 Å². The Balaban J connectivity index is 1.44. The number of hydrogen-bond acceptors (Lipinski definition) is 5. The van der Waals surface area contributed by atoms with E-state index in [1.165, 1.54) is 12.8 Å². The van der Waals surface area contributed by atoms with Crippen molar-refractivity contribution in [3.63, 3.8) is 0 Å². The number of H-pyrrole nitrogens is 1. The summed E-state index contributed by atoms with van der Waals surface area (Å²) in [6, 6.07) is 2.02. The van der Waals surface area contributed by atoms with Crippen molar-refractivity contribution in [2.45, 2.75) is 70.4 Å². The quantitative estimate of drug-likeness (QED) is 0.805. The molecule has 2 N–H and O–H groups in total. The van der Waals surface area contributed by atoms with E-state index in [4.69, 9.17) is 0 Å². The lowest BCUT2D eigenvalue weighted by Crippen LogP contribution is -2.39. The molecule has 0 spiro atoms. The van der Waals surface area contributed by atoms with Gasteiger partial charge in [0.2, 0.25) is 5.91 Å². The molecule has 1 saturated carbocycles. The zero-order valence-electron chi connectivity index (χ0n) is 16.2. The third-order valence-corrected chi connectivity index (χ3v) is 6.52. The largest absolute Gasteiger partial charge is 0.348 e. The number of aromatic nitrogens is 3. The molecule has 8 heteroatoms. The van der Waals surface area contributed by atoms with Crippen LogP contribution in [0.2, 0.25) is 0 Å². The zero-order chi connectivity index (χ0) is 19.5. The van der Waals surface area contributed by atoms with Crippen LogP contribution >= 0.6 is 11.3 Å². The van der Waals surface area contributed by atoms with Crippen LogP contribution in [0.1, 0.15) is 77.9 Å². The van der Waals surface area contributed by atoms with Crippen LogP contribution in [-0.2, 0) is 11.2 Å². The Labute approximate surface area is 168 Å². The molecule has 2 fully saturated rings. The third kappa shape index (κ3) is 4.27. The normalized spacial score (nSPS) is 20.5. The molecule has 1 aliphatic carbocycles. The summed E-state index contributed by atoms with van der Waals surface area (Å²) in [6.45, 7) is 2.68. The highest BCUT2D eigenvalue weighted by Crippen LogP contribution is 2.31. The summed E-state index contributed by atoms with van der Waals surface area (Å²) in [7, 11) is 0. The molecule has 3 heterocycles. The van der Waals surface area contributed by atoms with Gasteiger partial charge >= 0.3 is 0 Å². The molecule has 2 aromatic rings. The van der Waals surface area contributed by atoms with E-state index in [2.05, 4.69) is 20.5 Å². The lowest BCUT2D eigenvalue weighted by atomic mass is 9.98. The maximum absolute atomic E-state index is 12.9. The van der Waals surface area contributed by atoms with E-state index in [-0.39, 0.29) is 23.9 Å². The Bertz CT molecular complexity index is 839. The molecule has 7 nitrogen and oxygen atoms in total. The van der Waals surface area contributed by atoms with Crippen molar-refractivity contribution >= 4 is 23.2 Å². The maximum Gasteiger partial charge on any atom is 0.271 e. The van der Waals surface area contributed by atoms with Crippen LogP contribution in [0.25, 0.3) is 0 Å². The number of thiazole rings is 1.